The first-order valence-corrected chi connectivity index (χ1v) is 9.87. The van der Waals surface area contributed by atoms with Gasteiger partial charge in [-0.05, 0) is 55.0 Å². The minimum absolute atomic E-state index is 0.217. The minimum atomic E-state index is -4.39. The maximum absolute atomic E-state index is 12.9. The van der Waals surface area contributed by atoms with Gasteiger partial charge in [0.05, 0.1) is 28.8 Å². The molecule has 1 amide bonds. The summed E-state index contributed by atoms with van der Waals surface area (Å²) >= 11 is 0. The zero-order valence-electron chi connectivity index (χ0n) is 16.4. The highest BCUT2D eigenvalue weighted by molar-refractivity contribution is 6.01. The molecule has 31 heavy (non-hydrogen) atoms. The number of aliphatic carboxylic acids is 1. The molecule has 0 unspecified atom stereocenters. The third-order valence-corrected chi connectivity index (χ3v) is 5.66. The van der Waals surface area contributed by atoms with E-state index in [-0.39, 0.29) is 11.9 Å². The SMILES string of the molecule is O=C(N[C@H]1CC[C@@H](C(=O)O)C1)c1cnn2cccc(Cc3ccc(C(F)(F)F)cc3)c12. The molecule has 0 saturated heterocycles. The van der Waals surface area contributed by atoms with Crippen LogP contribution < -0.4 is 5.32 Å². The molecule has 2 heterocycles. The molecule has 6 nitrogen and oxygen atoms in total. The van der Waals surface area contributed by atoms with E-state index in [9.17, 15) is 22.8 Å². The number of nitrogens with zero attached hydrogens (tertiary/aromatic N) is 2. The molecule has 0 aliphatic heterocycles. The summed E-state index contributed by atoms with van der Waals surface area (Å²) in [4.78, 5) is 24.0. The molecular weight excluding hydrogens is 411 g/mol. The maximum atomic E-state index is 12.9. The highest BCUT2D eigenvalue weighted by Crippen LogP contribution is 2.30. The number of halogens is 3. The third kappa shape index (κ3) is 4.40. The van der Waals surface area contributed by atoms with Crippen molar-refractivity contribution in [2.45, 2.75) is 37.9 Å². The number of fused-ring (bicyclic) bond motifs is 1. The molecule has 0 spiro atoms. The van der Waals surface area contributed by atoms with Crippen LogP contribution in [-0.2, 0) is 17.4 Å². The lowest BCUT2D eigenvalue weighted by atomic mass is 10.0. The Bertz CT molecular complexity index is 1120. The number of carboxylic acid groups (broad SMARTS) is 1. The van der Waals surface area contributed by atoms with Crippen LogP contribution in [0.25, 0.3) is 5.52 Å². The Morgan fingerprint density at radius 1 is 1.16 bits per heavy atom. The van der Waals surface area contributed by atoms with Crippen molar-refractivity contribution >= 4 is 17.4 Å². The van der Waals surface area contributed by atoms with Gasteiger partial charge < -0.3 is 10.4 Å². The van der Waals surface area contributed by atoms with Crippen molar-refractivity contribution in [1.29, 1.82) is 0 Å². The lowest BCUT2D eigenvalue weighted by Gasteiger charge is -2.13. The van der Waals surface area contributed by atoms with Crippen molar-refractivity contribution in [1.82, 2.24) is 14.9 Å². The number of amides is 1. The number of carbonyl (C=O) groups is 2. The monoisotopic (exact) mass is 431 g/mol. The molecule has 2 aromatic heterocycles. The molecular formula is C22H20F3N3O3. The largest absolute Gasteiger partial charge is 0.481 e. The number of hydrogen-bond acceptors (Lipinski definition) is 3. The van der Waals surface area contributed by atoms with Gasteiger partial charge in [-0.2, -0.15) is 18.3 Å². The molecule has 9 heteroatoms. The Morgan fingerprint density at radius 2 is 1.90 bits per heavy atom. The van der Waals surface area contributed by atoms with Crippen LogP contribution in [0.1, 0.15) is 46.3 Å². The van der Waals surface area contributed by atoms with Crippen molar-refractivity contribution in [3.63, 3.8) is 0 Å². The molecule has 1 saturated carbocycles. The molecule has 2 atom stereocenters. The van der Waals surface area contributed by atoms with Crippen LogP contribution in [0.2, 0.25) is 0 Å². The number of pyridine rings is 1. The molecule has 1 fully saturated rings. The summed E-state index contributed by atoms with van der Waals surface area (Å²) in [6.45, 7) is 0. The number of carbonyl (C=O) groups excluding carboxylic acids is 1. The molecule has 162 valence electrons. The first kappa shape index (κ1) is 20.9. The zero-order chi connectivity index (χ0) is 22.2. The number of nitrogens with one attached hydrogen (secondary N) is 1. The second-order valence-electron chi connectivity index (χ2n) is 7.77. The maximum Gasteiger partial charge on any atom is 0.416 e. The Balaban J connectivity index is 1.56. The smallest absolute Gasteiger partial charge is 0.416 e. The van der Waals surface area contributed by atoms with Gasteiger partial charge in [0.1, 0.15) is 0 Å². The number of hydrogen-bond donors (Lipinski definition) is 2. The van der Waals surface area contributed by atoms with Gasteiger partial charge in [0.2, 0.25) is 0 Å². The second-order valence-corrected chi connectivity index (χ2v) is 7.77. The summed E-state index contributed by atoms with van der Waals surface area (Å²) in [5.74, 6) is -1.65. The van der Waals surface area contributed by atoms with Crippen LogP contribution in [0.5, 0.6) is 0 Å². The van der Waals surface area contributed by atoms with Gasteiger partial charge in [0.25, 0.3) is 5.91 Å². The summed E-state index contributed by atoms with van der Waals surface area (Å²) < 4.78 is 40.0. The van der Waals surface area contributed by atoms with E-state index >= 15 is 0 Å². The van der Waals surface area contributed by atoms with E-state index in [1.54, 1.807) is 16.8 Å². The van der Waals surface area contributed by atoms with E-state index < -0.39 is 23.6 Å². The fraction of sp³-hybridized carbons (Fsp3) is 0.318. The van der Waals surface area contributed by atoms with Gasteiger partial charge in [-0.15, -0.1) is 0 Å². The molecule has 3 aromatic rings. The molecule has 2 N–H and O–H groups in total. The van der Waals surface area contributed by atoms with Gasteiger partial charge in [0.15, 0.2) is 0 Å². The number of carboxylic acids is 1. The van der Waals surface area contributed by atoms with Crippen molar-refractivity contribution in [2.24, 2.45) is 5.92 Å². The topological polar surface area (TPSA) is 83.7 Å². The Hall–Kier alpha value is -3.36. The number of rotatable bonds is 5. The highest BCUT2D eigenvalue weighted by atomic mass is 19.4. The average Bonchev–Trinajstić information content (AvgIpc) is 3.35. The summed E-state index contributed by atoms with van der Waals surface area (Å²) in [5, 5.41) is 16.3. The van der Waals surface area contributed by atoms with Gasteiger partial charge in [-0.1, -0.05) is 18.2 Å². The predicted molar refractivity (Wildman–Crippen MR) is 106 cm³/mol. The van der Waals surface area contributed by atoms with Crippen molar-refractivity contribution in [2.75, 3.05) is 0 Å². The Kier molecular flexibility index (Phi) is 5.43. The van der Waals surface area contributed by atoms with Crippen LogP contribution in [0.15, 0.2) is 48.8 Å². The quantitative estimate of drug-likeness (QED) is 0.641. The summed E-state index contributed by atoms with van der Waals surface area (Å²) in [6, 6.07) is 8.28. The Labute approximate surface area is 175 Å². The van der Waals surface area contributed by atoms with E-state index in [0.29, 0.717) is 42.3 Å². The van der Waals surface area contributed by atoms with E-state index in [0.717, 1.165) is 17.7 Å². The van der Waals surface area contributed by atoms with Crippen molar-refractivity contribution in [3.8, 4) is 0 Å². The fourth-order valence-electron chi connectivity index (χ4n) is 4.06. The van der Waals surface area contributed by atoms with E-state index in [1.165, 1.54) is 18.3 Å². The van der Waals surface area contributed by atoms with Gasteiger partial charge in [-0.25, -0.2) is 4.52 Å². The van der Waals surface area contributed by atoms with Gasteiger partial charge >= 0.3 is 12.1 Å². The zero-order valence-corrected chi connectivity index (χ0v) is 16.4. The normalized spacial score (nSPS) is 18.9. The lowest BCUT2D eigenvalue weighted by Crippen LogP contribution is -2.33. The van der Waals surface area contributed by atoms with Crippen molar-refractivity contribution < 1.29 is 27.9 Å². The molecule has 0 radical (unpaired) electrons. The lowest BCUT2D eigenvalue weighted by molar-refractivity contribution is -0.141. The number of aromatic nitrogens is 2. The van der Waals surface area contributed by atoms with E-state index in [2.05, 4.69) is 10.4 Å². The first-order valence-electron chi connectivity index (χ1n) is 9.87. The standard InChI is InChI=1S/C22H20F3N3O3/c23-22(24,25)16-6-3-13(4-7-16)10-14-2-1-9-28-19(14)18(12-26-28)20(29)27-17-8-5-15(11-17)21(30)31/h1-4,6-7,9,12,15,17H,5,8,10-11H2,(H,27,29)(H,30,31)/t15-,17+/m1/s1. The predicted octanol–water partition coefficient (Wildman–Crippen LogP) is 3.93. The van der Waals surface area contributed by atoms with Crippen molar-refractivity contribution in [3.05, 3.63) is 71.0 Å². The molecule has 1 aliphatic rings. The summed E-state index contributed by atoms with van der Waals surface area (Å²) in [5.41, 5.74) is 1.64. The number of benzene rings is 1. The van der Waals surface area contributed by atoms with Crippen LogP contribution in [-0.4, -0.2) is 32.6 Å². The van der Waals surface area contributed by atoms with Crippen LogP contribution >= 0.6 is 0 Å². The summed E-state index contributed by atoms with van der Waals surface area (Å²) in [6.07, 6.45) is 0.588. The minimum Gasteiger partial charge on any atom is -0.481 e. The molecule has 1 aliphatic carbocycles. The average molecular weight is 431 g/mol. The highest BCUT2D eigenvalue weighted by Gasteiger charge is 2.32. The van der Waals surface area contributed by atoms with Gasteiger partial charge in [0, 0.05) is 12.2 Å². The second kappa shape index (κ2) is 8.05. The van der Waals surface area contributed by atoms with Crippen LogP contribution in [0, 0.1) is 5.92 Å². The fourth-order valence-corrected chi connectivity index (χ4v) is 4.06. The first-order chi connectivity index (χ1) is 14.7. The van der Waals surface area contributed by atoms with E-state index in [1.807, 2.05) is 6.07 Å². The van der Waals surface area contributed by atoms with Crippen LogP contribution in [0.4, 0.5) is 13.2 Å². The molecule has 1 aromatic carbocycles. The molecule has 4 rings (SSSR count). The summed E-state index contributed by atoms with van der Waals surface area (Å²) in [7, 11) is 0. The van der Waals surface area contributed by atoms with Gasteiger partial charge in [-0.3, -0.25) is 9.59 Å². The third-order valence-electron chi connectivity index (χ3n) is 5.66. The number of alkyl halides is 3. The van der Waals surface area contributed by atoms with Crippen LogP contribution in [0.3, 0.4) is 0 Å². The Morgan fingerprint density at radius 3 is 2.55 bits per heavy atom. The van der Waals surface area contributed by atoms with E-state index in [4.69, 9.17) is 5.11 Å². The molecule has 0 bridgehead atoms.